The molecule has 0 aromatic rings. The Kier molecular flexibility index (Phi) is 4.55. The van der Waals surface area contributed by atoms with Gasteiger partial charge in [-0.05, 0) is 6.08 Å². The zero-order chi connectivity index (χ0) is 16.7. The number of urea groups is 1. The summed E-state index contributed by atoms with van der Waals surface area (Å²) in [5.41, 5.74) is 5.37. The molecule has 1 fully saturated rings. The third-order valence-electron chi connectivity index (χ3n) is 3.02. The van der Waals surface area contributed by atoms with Gasteiger partial charge in [0.2, 0.25) is 6.23 Å². The van der Waals surface area contributed by atoms with Crippen LogP contribution in [0.3, 0.4) is 0 Å². The Morgan fingerprint density at radius 1 is 1.55 bits per heavy atom. The molecule has 2 aliphatic heterocycles. The van der Waals surface area contributed by atoms with E-state index in [4.69, 9.17) is 20.3 Å². The fraction of sp³-hybridized carbons (Fsp3) is 0.667. The van der Waals surface area contributed by atoms with E-state index in [1.165, 1.54) is 6.08 Å². The number of ether oxygens (including phenoxy) is 1. The van der Waals surface area contributed by atoms with E-state index in [2.05, 4.69) is 9.84 Å². The van der Waals surface area contributed by atoms with Crippen molar-refractivity contribution in [1.29, 1.82) is 0 Å². The molecule has 0 bridgehead atoms. The van der Waals surface area contributed by atoms with E-state index in [1.807, 2.05) is 0 Å². The zero-order valence-electron chi connectivity index (χ0n) is 10.9. The van der Waals surface area contributed by atoms with Crippen molar-refractivity contribution < 1.29 is 42.3 Å². The largest absolute Gasteiger partial charge is 0.469 e. The highest BCUT2D eigenvalue weighted by molar-refractivity contribution is 7.46. The molecule has 2 amide bonds. The van der Waals surface area contributed by atoms with Gasteiger partial charge in [0.25, 0.3) is 0 Å². The highest BCUT2D eigenvalue weighted by atomic mass is 31.2. The molecule has 2 aliphatic rings. The van der Waals surface area contributed by atoms with Gasteiger partial charge in [0.15, 0.2) is 6.10 Å². The van der Waals surface area contributed by atoms with Gasteiger partial charge < -0.3 is 30.7 Å². The molecule has 0 aliphatic carbocycles. The number of aliphatic hydroxyl groups is 1. The molecule has 0 spiro atoms. The van der Waals surface area contributed by atoms with Crippen LogP contribution in [0.2, 0.25) is 0 Å². The Labute approximate surface area is 122 Å². The second-order valence-corrected chi connectivity index (χ2v) is 5.90. The summed E-state index contributed by atoms with van der Waals surface area (Å²) in [5.74, 6) is -3.88. The molecule has 0 aromatic carbocycles. The van der Waals surface area contributed by atoms with Gasteiger partial charge >= 0.3 is 19.8 Å². The fourth-order valence-corrected chi connectivity index (χ4v) is 2.32. The number of phosphoric acid groups is 1. The minimum absolute atomic E-state index is 0.490. The molecular weight excluding hydrogens is 331 g/mol. The van der Waals surface area contributed by atoms with Crippen molar-refractivity contribution in [1.82, 2.24) is 10.2 Å². The maximum Gasteiger partial charge on any atom is 0.469 e. The Morgan fingerprint density at radius 3 is 2.73 bits per heavy atom. The number of nitrogens with one attached hydrogen (secondary N) is 1. The lowest BCUT2D eigenvalue weighted by molar-refractivity contribution is -0.145. The number of rotatable bonds is 4. The van der Waals surface area contributed by atoms with Crippen molar-refractivity contribution in [3.8, 4) is 0 Å². The minimum atomic E-state index is -4.92. The molecule has 126 valence electrons. The van der Waals surface area contributed by atoms with Crippen LogP contribution in [0.25, 0.3) is 0 Å². The van der Waals surface area contributed by atoms with Crippen molar-refractivity contribution in [3.63, 3.8) is 0 Å². The average molecular weight is 345 g/mol. The number of aliphatic hydroxyl groups excluding tert-OH is 1. The monoisotopic (exact) mass is 345 g/mol. The molecule has 13 heteroatoms. The molecule has 1 unspecified atom stereocenters. The smallest absolute Gasteiger partial charge is 0.384 e. The van der Waals surface area contributed by atoms with Crippen LogP contribution in [0.5, 0.6) is 0 Å². The van der Waals surface area contributed by atoms with Crippen LogP contribution in [0, 0.1) is 0 Å². The number of amides is 2. The average Bonchev–Trinajstić information content (AvgIpc) is 2.59. The maximum absolute atomic E-state index is 14.0. The van der Waals surface area contributed by atoms with Crippen molar-refractivity contribution in [3.05, 3.63) is 12.3 Å². The van der Waals surface area contributed by atoms with E-state index < -0.39 is 51.0 Å². The van der Waals surface area contributed by atoms with Gasteiger partial charge in [-0.3, -0.25) is 9.42 Å². The second kappa shape index (κ2) is 5.81. The molecule has 0 aromatic heterocycles. The predicted octanol–water partition coefficient (Wildman–Crippen LogP) is -1.36. The summed E-state index contributed by atoms with van der Waals surface area (Å²) >= 11 is 0. The van der Waals surface area contributed by atoms with Gasteiger partial charge in [-0.1, -0.05) is 0 Å². The molecule has 0 radical (unpaired) electrons. The molecule has 2 heterocycles. The van der Waals surface area contributed by atoms with Crippen molar-refractivity contribution in [2.75, 3.05) is 6.61 Å². The number of nitrogens with two attached hydrogens (primary N) is 1. The van der Waals surface area contributed by atoms with Crippen molar-refractivity contribution >= 4 is 13.9 Å². The third-order valence-corrected chi connectivity index (χ3v) is 3.50. The molecular formula is C9H14F2N3O7P. The second-order valence-electron chi connectivity index (χ2n) is 4.66. The summed E-state index contributed by atoms with van der Waals surface area (Å²) in [6.07, 6.45) is -4.98. The van der Waals surface area contributed by atoms with Gasteiger partial charge in [-0.25, -0.2) is 9.36 Å². The lowest BCUT2D eigenvalue weighted by Crippen LogP contribution is -2.57. The first-order valence-corrected chi connectivity index (χ1v) is 7.49. The number of nitrogens with zero attached hydrogens (tertiary/aromatic N) is 1. The third kappa shape index (κ3) is 3.43. The molecule has 0 saturated carbocycles. The number of halogens is 2. The summed E-state index contributed by atoms with van der Waals surface area (Å²) in [4.78, 5) is 29.2. The van der Waals surface area contributed by atoms with Gasteiger partial charge in [0, 0.05) is 6.20 Å². The summed E-state index contributed by atoms with van der Waals surface area (Å²) < 4.78 is 47.5. The van der Waals surface area contributed by atoms with Crippen LogP contribution in [-0.2, 0) is 13.8 Å². The Bertz CT molecular complexity index is 527. The van der Waals surface area contributed by atoms with Gasteiger partial charge in [-0.2, -0.15) is 8.78 Å². The molecule has 1 saturated heterocycles. The summed E-state index contributed by atoms with van der Waals surface area (Å²) in [6, 6.07) is -0.969. The summed E-state index contributed by atoms with van der Waals surface area (Å²) in [5, 5.41) is 11.7. The van der Waals surface area contributed by atoms with Gasteiger partial charge in [-0.15, -0.1) is 0 Å². The predicted molar refractivity (Wildman–Crippen MR) is 65.1 cm³/mol. The molecule has 2 rings (SSSR count). The van der Waals surface area contributed by atoms with E-state index in [0.717, 1.165) is 6.20 Å². The Hall–Kier alpha value is -1.14. The first-order valence-electron chi connectivity index (χ1n) is 5.96. The number of carbonyl (C=O) groups is 1. The van der Waals surface area contributed by atoms with Gasteiger partial charge in [0.1, 0.15) is 6.10 Å². The fourth-order valence-electron chi connectivity index (χ4n) is 1.98. The number of hydrogen-bond donors (Lipinski definition) is 5. The van der Waals surface area contributed by atoms with E-state index >= 15 is 0 Å². The van der Waals surface area contributed by atoms with Crippen molar-refractivity contribution in [2.45, 2.75) is 30.5 Å². The first kappa shape index (κ1) is 17.2. The van der Waals surface area contributed by atoms with Gasteiger partial charge in [0.05, 0.1) is 12.8 Å². The van der Waals surface area contributed by atoms with Crippen LogP contribution in [0.15, 0.2) is 12.3 Å². The first-order chi connectivity index (χ1) is 10.0. The highest BCUT2D eigenvalue weighted by Crippen LogP contribution is 2.41. The molecule has 6 N–H and O–H groups in total. The van der Waals surface area contributed by atoms with E-state index in [-0.39, 0.29) is 0 Å². The van der Waals surface area contributed by atoms with Crippen LogP contribution >= 0.6 is 7.82 Å². The van der Waals surface area contributed by atoms with Crippen LogP contribution < -0.4 is 11.1 Å². The SMILES string of the molecule is NC1C=CN([C@@H]2O[C@H](COP(=O)(O)O)[C@H](O)C2(F)F)C(=O)N1. The van der Waals surface area contributed by atoms with E-state index in [1.54, 1.807) is 0 Å². The molecule has 22 heavy (non-hydrogen) atoms. The maximum atomic E-state index is 14.0. The topological polar surface area (TPSA) is 155 Å². The quantitative estimate of drug-likeness (QED) is 0.391. The number of carbonyl (C=O) groups excluding carboxylic acids is 1. The van der Waals surface area contributed by atoms with Crippen LogP contribution in [0.4, 0.5) is 13.6 Å². The number of hydrogen-bond acceptors (Lipinski definition) is 6. The van der Waals surface area contributed by atoms with Crippen molar-refractivity contribution in [2.24, 2.45) is 5.73 Å². The normalized spacial score (nSPS) is 34.8. The summed E-state index contributed by atoms with van der Waals surface area (Å²) in [7, 11) is -4.92. The lowest BCUT2D eigenvalue weighted by atomic mass is 10.1. The van der Waals surface area contributed by atoms with Crippen LogP contribution in [-0.4, -0.2) is 63.0 Å². The van der Waals surface area contributed by atoms with E-state index in [0.29, 0.717) is 4.90 Å². The Balaban J connectivity index is 2.14. The summed E-state index contributed by atoms with van der Waals surface area (Å²) in [6.45, 7) is -0.976. The standard InChI is InChI=1S/C9H14F2N3O7P/c10-9(11)6(15)4(3-20-22(17,18)19)21-7(9)14-2-1-5(12)13-8(14)16/h1-2,4-7,15H,3,12H2,(H,13,16)(H2,17,18,19)/t4-,5?,6+,7-/m1/s1. The zero-order valence-corrected chi connectivity index (χ0v) is 11.8. The lowest BCUT2D eigenvalue weighted by Gasteiger charge is -2.32. The number of phosphoric ester groups is 1. The van der Waals surface area contributed by atoms with Crippen LogP contribution in [0.1, 0.15) is 0 Å². The molecule has 10 nitrogen and oxygen atoms in total. The number of alkyl halides is 2. The Morgan fingerprint density at radius 2 is 2.18 bits per heavy atom. The highest BCUT2D eigenvalue weighted by Gasteiger charge is 2.61. The van der Waals surface area contributed by atoms with E-state index in [9.17, 15) is 23.2 Å². The minimum Gasteiger partial charge on any atom is -0.384 e. The molecule has 4 atom stereocenters.